The molecule has 3 heteroatoms. The minimum absolute atomic E-state index is 0.0139. The standard InChI is InChI=1S/C12H16O3/c1-8(2)6-11(13)10-5-4-9(15-3)7-12(10)14/h4-5,7-8,14H,6H2,1-3H3. The first kappa shape index (κ1) is 11.6. The van der Waals surface area contributed by atoms with E-state index in [0.29, 0.717) is 23.7 Å². The number of phenols is 1. The molecule has 0 bridgehead atoms. The molecule has 0 fully saturated rings. The zero-order valence-corrected chi connectivity index (χ0v) is 9.28. The van der Waals surface area contributed by atoms with Crippen LogP contribution in [0.5, 0.6) is 11.5 Å². The summed E-state index contributed by atoms with van der Waals surface area (Å²) in [6.45, 7) is 3.94. The monoisotopic (exact) mass is 208 g/mol. The fourth-order valence-corrected chi connectivity index (χ4v) is 1.35. The van der Waals surface area contributed by atoms with E-state index in [4.69, 9.17) is 4.74 Å². The first-order valence-electron chi connectivity index (χ1n) is 4.94. The highest BCUT2D eigenvalue weighted by molar-refractivity contribution is 5.98. The number of rotatable bonds is 4. The minimum atomic E-state index is -0.0369. The van der Waals surface area contributed by atoms with E-state index in [1.165, 1.54) is 13.2 Å². The molecule has 1 aromatic carbocycles. The summed E-state index contributed by atoms with van der Waals surface area (Å²) >= 11 is 0. The molecule has 82 valence electrons. The molecule has 0 amide bonds. The van der Waals surface area contributed by atoms with E-state index in [-0.39, 0.29) is 11.5 Å². The van der Waals surface area contributed by atoms with Crippen molar-refractivity contribution in [3.05, 3.63) is 23.8 Å². The average Bonchev–Trinajstić information content (AvgIpc) is 2.16. The van der Waals surface area contributed by atoms with Gasteiger partial charge >= 0.3 is 0 Å². The number of methoxy groups -OCH3 is 1. The Kier molecular flexibility index (Phi) is 3.72. The molecule has 0 heterocycles. The largest absolute Gasteiger partial charge is 0.507 e. The van der Waals surface area contributed by atoms with Gasteiger partial charge in [0.2, 0.25) is 0 Å². The molecule has 1 N–H and O–H groups in total. The molecule has 1 rings (SSSR count). The summed E-state index contributed by atoms with van der Waals surface area (Å²) in [5.41, 5.74) is 0.365. The molecule has 0 atom stereocenters. The lowest BCUT2D eigenvalue weighted by Crippen LogP contribution is -2.03. The highest BCUT2D eigenvalue weighted by Gasteiger charge is 2.13. The summed E-state index contributed by atoms with van der Waals surface area (Å²) in [6.07, 6.45) is 0.444. The van der Waals surface area contributed by atoms with E-state index in [1.807, 2.05) is 13.8 Å². The Labute approximate surface area is 89.7 Å². The van der Waals surface area contributed by atoms with Crippen LogP contribution in [0.4, 0.5) is 0 Å². The predicted molar refractivity (Wildman–Crippen MR) is 58.4 cm³/mol. The lowest BCUT2D eigenvalue weighted by atomic mass is 10.0. The van der Waals surface area contributed by atoms with Gasteiger partial charge in [0.25, 0.3) is 0 Å². The number of benzene rings is 1. The molecule has 1 aromatic rings. The van der Waals surface area contributed by atoms with Gasteiger partial charge in [0.1, 0.15) is 11.5 Å². The van der Waals surface area contributed by atoms with Gasteiger partial charge in [0.05, 0.1) is 12.7 Å². The van der Waals surface area contributed by atoms with Gasteiger partial charge in [0, 0.05) is 12.5 Å². The molecule has 0 aliphatic rings. The Bertz CT molecular complexity index is 356. The zero-order chi connectivity index (χ0) is 11.4. The van der Waals surface area contributed by atoms with Crippen LogP contribution >= 0.6 is 0 Å². The molecule has 0 saturated heterocycles. The molecule has 0 aliphatic heterocycles. The van der Waals surface area contributed by atoms with Crippen molar-refractivity contribution in [2.24, 2.45) is 5.92 Å². The molecule has 0 radical (unpaired) electrons. The topological polar surface area (TPSA) is 46.5 Å². The molecule has 0 spiro atoms. The van der Waals surface area contributed by atoms with Gasteiger partial charge in [-0.25, -0.2) is 0 Å². The fraction of sp³-hybridized carbons (Fsp3) is 0.417. The first-order chi connectivity index (χ1) is 7.04. The van der Waals surface area contributed by atoms with Crippen molar-refractivity contribution in [3.8, 4) is 11.5 Å². The second-order valence-corrected chi connectivity index (χ2v) is 3.90. The van der Waals surface area contributed by atoms with Crippen molar-refractivity contribution in [1.82, 2.24) is 0 Å². The van der Waals surface area contributed by atoms with E-state index < -0.39 is 0 Å². The number of aromatic hydroxyl groups is 1. The smallest absolute Gasteiger partial charge is 0.166 e. The van der Waals surface area contributed by atoms with Crippen molar-refractivity contribution in [1.29, 1.82) is 0 Å². The zero-order valence-electron chi connectivity index (χ0n) is 9.28. The van der Waals surface area contributed by atoms with Crippen LogP contribution in [0.3, 0.4) is 0 Å². The Morgan fingerprint density at radius 2 is 2.13 bits per heavy atom. The summed E-state index contributed by atoms with van der Waals surface area (Å²) in [5.74, 6) is 0.790. The van der Waals surface area contributed by atoms with Crippen molar-refractivity contribution < 1.29 is 14.6 Å². The third-order valence-corrected chi connectivity index (χ3v) is 2.10. The molecule has 15 heavy (non-hydrogen) atoms. The van der Waals surface area contributed by atoms with E-state index >= 15 is 0 Å². The Hall–Kier alpha value is -1.51. The van der Waals surface area contributed by atoms with E-state index in [0.717, 1.165) is 0 Å². The van der Waals surface area contributed by atoms with Crippen LogP contribution in [0.1, 0.15) is 30.6 Å². The summed E-state index contributed by atoms with van der Waals surface area (Å²) in [5, 5.41) is 9.60. The van der Waals surface area contributed by atoms with Crippen molar-refractivity contribution >= 4 is 5.78 Å². The lowest BCUT2D eigenvalue weighted by molar-refractivity contribution is 0.0965. The highest BCUT2D eigenvalue weighted by atomic mass is 16.5. The molecule has 0 aliphatic carbocycles. The molecular weight excluding hydrogens is 192 g/mol. The number of hydrogen-bond donors (Lipinski definition) is 1. The highest BCUT2D eigenvalue weighted by Crippen LogP contribution is 2.25. The molecule has 3 nitrogen and oxygen atoms in total. The second-order valence-electron chi connectivity index (χ2n) is 3.90. The first-order valence-corrected chi connectivity index (χ1v) is 4.94. The van der Waals surface area contributed by atoms with E-state index in [1.54, 1.807) is 12.1 Å². The normalized spacial score (nSPS) is 10.4. The fourth-order valence-electron chi connectivity index (χ4n) is 1.35. The third-order valence-electron chi connectivity index (χ3n) is 2.10. The predicted octanol–water partition coefficient (Wildman–Crippen LogP) is 2.63. The third kappa shape index (κ3) is 2.98. The molecule has 0 saturated carbocycles. The van der Waals surface area contributed by atoms with Crippen LogP contribution in [0.15, 0.2) is 18.2 Å². The van der Waals surface area contributed by atoms with Gasteiger partial charge in [-0.2, -0.15) is 0 Å². The number of hydrogen-bond acceptors (Lipinski definition) is 3. The van der Waals surface area contributed by atoms with Gasteiger partial charge in [0.15, 0.2) is 5.78 Å². The lowest BCUT2D eigenvalue weighted by Gasteiger charge is -2.07. The van der Waals surface area contributed by atoms with Gasteiger partial charge in [-0.05, 0) is 18.1 Å². The maximum absolute atomic E-state index is 11.7. The van der Waals surface area contributed by atoms with Crippen LogP contribution in [-0.2, 0) is 0 Å². The van der Waals surface area contributed by atoms with E-state index in [2.05, 4.69) is 0 Å². The van der Waals surface area contributed by atoms with Crippen LogP contribution in [-0.4, -0.2) is 18.0 Å². The second kappa shape index (κ2) is 4.82. The van der Waals surface area contributed by atoms with Crippen molar-refractivity contribution in [2.45, 2.75) is 20.3 Å². The van der Waals surface area contributed by atoms with Crippen LogP contribution in [0.2, 0.25) is 0 Å². The van der Waals surface area contributed by atoms with Crippen molar-refractivity contribution in [2.75, 3.05) is 7.11 Å². The van der Waals surface area contributed by atoms with Crippen LogP contribution in [0, 0.1) is 5.92 Å². The number of carbonyl (C=O) groups is 1. The molecule has 0 unspecified atom stereocenters. The summed E-state index contributed by atoms with van der Waals surface area (Å²) < 4.78 is 4.94. The molecular formula is C12H16O3. The quantitative estimate of drug-likeness (QED) is 0.774. The number of ether oxygens (including phenoxy) is 1. The molecule has 0 aromatic heterocycles. The van der Waals surface area contributed by atoms with Crippen molar-refractivity contribution in [3.63, 3.8) is 0 Å². The Balaban J connectivity index is 2.90. The number of Topliss-reactive ketones (excluding diaryl/α,β-unsaturated/α-hetero) is 1. The van der Waals surface area contributed by atoms with Gasteiger partial charge in [-0.15, -0.1) is 0 Å². The number of ketones is 1. The maximum Gasteiger partial charge on any atom is 0.166 e. The van der Waals surface area contributed by atoms with E-state index in [9.17, 15) is 9.90 Å². The summed E-state index contributed by atoms with van der Waals surface area (Å²) in [4.78, 5) is 11.7. The Morgan fingerprint density at radius 1 is 1.47 bits per heavy atom. The Morgan fingerprint density at radius 3 is 2.60 bits per heavy atom. The average molecular weight is 208 g/mol. The van der Waals surface area contributed by atoms with Gasteiger partial charge in [-0.1, -0.05) is 13.8 Å². The maximum atomic E-state index is 11.7. The SMILES string of the molecule is COc1ccc(C(=O)CC(C)C)c(O)c1. The van der Waals surface area contributed by atoms with Crippen LogP contribution < -0.4 is 4.74 Å². The van der Waals surface area contributed by atoms with Gasteiger partial charge in [-0.3, -0.25) is 4.79 Å². The summed E-state index contributed by atoms with van der Waals surface area (Å²) in [6, 6.07) is 4.72. The minimum Gasteiger partial charge on any atom is -0.507 e. The number of phenolic OH excluding ortho intramolecular Hbond substituents is 1. The van der Waals surface area contributed by atoms with Gasteiger partial charge < -0.3 is 9.84 Å². The summed E-state index contributed by atoms with van der Waals surface area (Å²) in [7, 11) is 1.52. The number of carbonyl (C=O) groups excluding carboxylic acids is 1. The van der Waals surface area contributed by atoms with Crippen LogP contribution in [0.25, 0.3) is 0 Å².